The van der Waals surface area contributed by atoms with Gasteiger partial charge in [0.2, 0.25) is 0 Å². The van der Waals surface area contributed by atoms with Gasteiger partial charge in [-0.1, -0.05) is 0 Å². The minimum Gasteiger partial charge on any atom is -0.497 e. The summed E-state index contributed by atoms with van der Waals surface area (Å²) < 4.78 is 6.69. The number of carbonyl (C=O) groups excluding carboxylic acids is 1. The molecule has 4 heteroatoms. The summed E-state index contributed by atoms with van der Waals surface area (Å²) in [6.45, 7) is 1.54. The van der Waals surface area contributed by atoms with E-state index in [-0.39, 0.29) is 5.78 Å². The molecule has 0 amide bonds. The number of nitrogens with zero attached hydrogens (tertiary/aromatic N) is 2. The van der Waals surface area contributed by atoms with Crippen LogP contribution < -0.4 is 4.74 Å². The average molecular weight is 230 g/mol. The lowest BCUT2D eigenvalue weighted by Gasteiger charge is -2.00. The van der Waals surface area contributed by atoms with Gasteiger partial charge in [0, 0.05) is 19.5 Å². The van der Waals surface area contributed by atoms with E-state index < -0.39 is 0 Å². The first kappa shape index (κ1) is 11.4. The smallest absolute Gasteiger partial charge is 0.177 e. The van der Waals surface area contributed by atoms with Gasteiger partial charge in [0.05, 0.1) is 12.8 Å². The third-order valence-electron chi connectivity index (χ3n) is 2.63. The van der Waals surface area contributed by atoms with Crippen LogP contribution in [-0.2, 0) is 7.05 Å². The quantitative estimate of drug-likeness (QED) is 0.760. The van der Waals surface area contributed by atoms with Crippen molar-refractivity contribution in [2.75, 3.05) is 7.11 Å². The molecule has 0 atom stereocenters. The fraction of sp³-hybridized carbons (Fsp3) is 0.231. The van der Waals surface area contributed by atoms with Gasteiger partial charge in [-0.15, -0.1) is 0 Å². The van der Waals surface area contributed by atoms with Crippen LogP contribution in [0.3, 0.4) is 0 Å². The second-order valence-corrected chi connectivity index (χ2v) is 3.82. The van der Waals surface area contributed by atoms with E-state index in [1.54, 1.807) is 24.9 Å². The van der Waals surface area contributed by atoms with E-state index in [9.17, 15) is 4.79 Å². The molecule has 1 heterocycles. The summed E-state index contributed by atoms with van der Waals surface area (Å²) >= 11 is 0. The molecule has 17 heavy (non-hydrogen) atoms. The van der Waals surface area contributed by atoms with Crippen molar-refractivity contribution in [1.82, 2.24) is 9.78 Å². The van der Waals surface area contributed by atoms with E-state index in [1.807, 2.05) is 24.3 Å². The third kappa shape index (κ3) is 2.20. The maximum Gasteiger partial charge on any atom is 0.177 e. The Labute approximate surface area is 99.8 Å². The first-order valence-electron chi connectivity index (χ1n) is 5.31. The van der Waals surface area contributed by atoms with Crippen molar-refractivity contribution in [3.63, 3.8) is 0 Å². The molecule has 0 aliphatic rings. The predicted molar refractivity (Wildman–Crippen MR) is 65.2 cm³/mol. The van der Waals surface area contributed by atoms with Crippen molar-refractivity contribution >= 4 is 5.78 Å². The maximum atomic E-state index is 11.3. The monoisotopic (exact) mass is 230 g/mol. The lowest BCUT2D eigenvalue weighted by molar-refractivity contribution is 0.100. The second-order valence-electron chi connectivity index (χ2n) is 3.82. The molecule has 88 valence electrons. The van der Waals surface area contributed by atoms with E-state index in [0.717, 1.165) is 17.0 Å². The van der Waals surface area contributed by atoms with E-state index >= 15 is 0 Å². The normalized spacial score (nSPS) is 10.3. The van der Waals surface area contributed by atoms with Gasteiger partial charge in [0.25, 0.3) is 0 Å². The zero-order valence-corrected chi connectivity index (χ0v) is 10.1. The number of hydrogen-bond acceptors (Lipinski definition) is 3. The van der Waals surface area contributed by atoms with Gasteiger partial charge in [-0.3, -0.25) is 9.48 Å². The minimum atomic E-state index is 0.0137. The highest BCUT2D eigenvalue weighted by Gasteiger charge is 2.10. The highest BCUT2D eigenvalue weighted by atomic mass is 16.5. The van der Waals surface area contributed by atoms with Crippen molar-refractivity contribution in [2.24, 2.45) is 7.05 Å². The summed E-state index contributed by atoms with van der Waals surface area (Å²) in [7, 11) is 3.40. The van der Waals surface area contributed by atoms with Gasteiger partial charge in [0.1, 0.15) is 11.4 Å². The van der Waals surface area contributed by atoms with Crippen LogP contribution in [0.2, 0.25) is 0 Å². The Bertz CT molecular complexity index is 541. The summed E-state index contributed by atoms with van der Waals surface area (Å²) in [6.07, 6.45) is 0. The molecule has 1 aromatic carbocycles. The van der Waals surface area contributed by atoms with Crippen LogP contribution in [0.4, 0.5) is 0 Å². The standard InChI is InChI=1S/C13H14N2O2/c1-9(16)13-8-12(14-15(13)2)10-4-6-11(17-3)7-5-10/h4-8H,1-3H3. The Morgan fingerprint density at radius 1 is 1.29 bits per heavy atom. The van der Waals surface area contributed by atoms with Crippen molar-refractivity contribution in [1.29, 1.82) is 0 Å². The molecular weight excluding hydrogens is 216 g/mol. The largest absolute Gasteiger partial charge is 0.497 e. The number of ketones is 1. The number of aryl methyl sites for hydroxylation is 1. The Kier molecular flexibility index (Phi) is 2.95. The third-order valence-corrected chi connectivity index (χ3v) is 2.63. The van der Waals surface area contributed by atoms with Crippen LogP contribution in [0.25, 0.3) is 11.3 Å². The predicted octanol–water partition coefficient (Wildman–Crippen LogP) is 2.30. The Morgan fingerprint density at radius 3 is 2.41 bits per heavy atom. The molecule has 0 aliphatic heterocycles. The molecule has 0 N–H and O–H groups in total. The average Bonchev–Trinajstić information content (AvgIpc) is 2.71. The Morgan fingerprint density at radius 2 is 1.94 bits per heavy atom. The maximum absolute atomic E-state index is 11.3. The molecule has 0 aliphatic carbocycles. The van der Waals surface area contributed by atoms with Crippen molar-refractivity contribution in [3.05, 3.63) is 36.0 Å². The molecule has 0 saturated carbocycles. The second kappa shape index (κ2) is 4.41. The van der Waals surface area contributed by atoms with Gasteiger partial charge in [-0.2, -0.15) is 5.10 Å². The number of carbonyl (C=O) groups is 1. The first-order valence-corrected chi connectivity index (χ1v) is 5.31. The van der Waals surface area contributed by atoms with Gasteiger partial charge < -0.3 is 4.74 Å². The van der Waals surface area contributed by atoms with Crippen molar-refractivity contribution in [2.45, 2.75) is 6.92 Å². The van der Waals surface area contributed by atoms with Crippen LogP contribution >= 0.6 is 0 Å². The lowest BCUT2D eigenvalue weighted by atomic mass is 10.1. The molecule has 4 nitrogen and oxygen atoms in total. The number of aromatic nitrogens is 2. The molecule has 0 bridgehead atoms. The van der Waals surface area contributed by atoms with Crippen LogP contribution in [0.1, 0.15) is 17.4 Å². The molecule has 0 fully saturated rings. The fourth-order valence-electron chi connectivity index (χ4n) is 1.70. The van der Waals surface area contributed by atoms with Crippen LogP contribution in [0, 0.1) is 0 Å². The highest BCUT2D eigenvalue weighted by Crippen LogP contribution is 2.21. The molecular formula is C13H14N2O2. The van der Waals surface area contributed by atoms with Crippen LogP contribution in [0.15, 0.2) is 30.3 Å². The SMILES string of the molecule is COc1ccc(-c2cc(C(C)=O)n(C)n2)cc1. The number of rotatable bonds is 3. The summed E-state index contributed by atoms with van der Waals surface area (Å²) in [5, 5.41) is 4.31. The highest BCUT2D eigenvalue weighted by molar-refractivity contribution is 5.93. The summed E-state index contributed by atoms with van der Waals surface area (Å²) in [4.78, 5) is 11.3. The van der Waals surface area contributed by atoms with E-state index in [0.29, 0.717) is 5.69 Å². The Balaban J connectivity index is 2.39. The van der Waals surface area contributed by atoms with Gasteiger partial charge >= 0.3 is 0 Å². The minimum absolute atomic E-state index is 0.0137. The van der Waals surface area contributed by atoms with Gasteiger partial charge in [0.15, 0.2) is 5.78 Å². The summed E-state index contributed by atoms with van der Waals surface area (Å²) in [6, 6.07) is 9.38. The number of methoxy groups -OCH3 is 1. The van der Waals surface area contributed by atoms with Crippen molar-refractivity contribution in [3.8, 4) is 17.0 Å². The molecule has 0 saturated heterocycles. The first-order chi connectivity index (χ1) is 8.11. The molecule has 2 aromatic rings. The zero-order valence-electron chi connectivity index (χ0n) is 10.1. The van der Waals surface area contributed by atoms with Gasteiger partial charge in [-0.25, -0.2) is 0 Å². The number of ether oxygens (including phenoxy) is 1. The van der Waals surface area contributed by atoms with E-state index in [4.69, 9.17) is 4.74 Å². The van der Waals surface area contributed by atoms with E-state index in [1.165, 1.54) is 6.92 Å². The molecule has 1 aromatic heterocycles. The molecule has 0 spiro atoms. The molecule has 0 unspecified atom stereocenters. The van der Waals surface area contributed by atoms with E-state index in [2.05, 4.69) is 5.10 Å². The molecule has 0 radical (unpaired) electrons. The lowest BCUT2D eigenvalue weighted by Crippen LogP contribution is -2.02. The fourth-order valence-corrected chi connectivity index (χ4v) is 1.70. The number of hydrogen-bond donors (Lipinski definition) is 0. The summed E-state index contributed by atoms with van der Waals surface area (Å²) in [5.41, 5.74) is 2.37. The number of benzene rings is 1. The zero-order chi connectivity index (χ0) is 12.4. The summed E-state index contributed by atoms with van der Waals surface area (Å²) in [5.74, 6) is 0.816. The van der Waals surface area contributed by atoms with Crippen LogP contribution in [-0.4, -0.2) is 22.7 Å². The van der Waals surface area contributed by atoms with Crippen molar-refractivity contribution < 1.29 is 9.53 Å². The number of Topliss-reactive ketones (excluding diaryl/α,β-unsaturated/α-hetero) is 1. The Hall–Kier alpha value is -2.10. The topological polar surface area (TPSA) is 44.1 Å². The molecule has 2 rings (SSSR count). The van der Waals surface area contributed by atoms with Crippen LogP contribution in [0.5, 0.6) is 5.75 Å². The van der Waals surface area contributed by atoms with Gasteiger partial charge in [-0.05, 0) is 30.3 Å².